The highest BCUT2D eigenvalue weighted by Gasteiger charge is 2.00. The molecule has 0 radical (unpaired) electrons. The lowest BCUT2D eigenvalue weighted by Gasteiger charge is -2.05. The van der Waals surface area contributed by atoms with Gasteiger partial charge < -0.3 is 5.32 Å². The Bertz CT molecular complexity index is 480. The molecule has 0 fully saturated rings. The predicted octanol–water partition coefficient (Wildman–Crippen LogP) is 2.88. The van der Waals surface area contributed by atoms with Gasteiger partial charge >= 0.3 is 0 Å². The Morgan fingerprint density at radius 3 is 2.88 bits per heavy atom. The van der Waals surface area contributed by atoms with E-state index >= 15 is 0 Å². The Balaban J connectivity index is 2.36. The summed E-state index contributed by atoms with van der Waals surface area (Å²) < 4.78 is 0. The topological polar surface area (TPSA) is 37.8 Å². The quantitative estimate of drug-likeness (QED) is 0.851. The van der Waals surface area contributed by atoms with Crippen LogP contribution in [-0.4, -0.2) is 16.5 Å². The second-order valence-electron chi connectivity index (χ2n) is 3.69. The van der Waals surface area contributed by atoms with Gasteiger partial charge in [0.1, 0.15) is 5.82 Å². The molecule has 3 nitrogen and oxygen atoms in total. The summed E-state index contributed by atoms with van der Waals surface area (Å²) in [7, 11) is 0. The van der Waals surface area contributed by atoms with Crippen molar-refractivity contribution in [3.63, 3.8) is 0 Å². The number of anilines is 1. The third-order valence-corrected chi connectivity index (χ3v) is 2.28. The molecule has 2 rings (SSSR count). The van der Waals surface area contributed by atoms with Gasteiger partial charge in [0.15, 0.2) is 0 Å². The Morgan fingerprint density at radius 1 is 1.25 bits per heavy atom. The first-order valence-electron chi connectivity index (χ1n) is 5.42. The molecule has 0 aliphatic rings. The van der Waals surface area contributed by atoms with Gasteiger partial charge in [0.25, 0.3) is 0 Å². The third-order valence-electron chi connectivity index (χ3n) is 2.28. The molecule has 2 heterocycles. The first-order valence-corrected chi connectivity index (χ1v) is 5.42. The van der Waals surface area contributed by atoms with Crippen LogP contribution in [0.2, 0.25) is 0 Å². The van der Waals surface area contributed by atoms with Crippen molar-refractivity contribution in [2.75, 3.05) is 11.9 Å². The van der Waals surface area contributed by atoms with Gasteiger partial charge in [-0.1, -0.05) is 6.07 Å². The maximum atomic E-state index is 4.52. The zero-order chi connectivity index (χ0) is 11.4. The molecular weight excluding hydrogens is 198 g/mol. The molecule has 0 amide bonds. The van der Waals surface area contributed by atoms with E-state index in [4.69, 9.17) is 0 Å². The highest BCUT2D eigenvalue weighted by molar-refractivity contribution is 5.60. The molecule has 0 unspecified atom stereocenters. The molecule has 2 aromatic heterocycles. The lowest BCUT2D eigenvalue weighted by molar-refractivity contribution is 1.16. The van der Waals surface area contributed by atoms with Crippen LogP contribution in [0.4, 0.5) is 5.82 Å². The summed E-state index contributed by atoms with van der Waals surface area (Å²) in [5.41, 5.74) is 3.16. The molecule has 0 aromatic carbocycles. The fourth-order valence-electron chi connectivity index (χ4n) is 1.57. The minimum Gasteiger partial charge on any atom is -0.370 e. The van der Waals surface area contributed by atoms with Gasteiger partial charge in [-0.2, -0.15) is 0 Å². The molecule has 0 atom stereocenters. The van der Waals surface area contributed by atoms with Crippen molar-refractivity contribution in [2.24, 2.45) is 0 Å². The molecule has 0 aliphatic heterocycles. The number of aromatic nitrogens is 2. The fraction of sp³-hybridized carbons (Fsp3) is 0.231. The minimum absolute atomic E-state index is 0.878. The van der Waals surface area contributed by atoms with E-state index in [9.17, 15) is 0 Å². The normalized spacial score (nSPS) is 10.1. The van der Waals surface area contributed by atoms with Gasteiger partial charge in [-0.3, -0.25) is 4.98 Å². The van der Waals surface area contributed by atoms with Crippen LogP contribution in [0.15, 0.2) is 36.7 Å². The SMILES string of the molecule is CCNc1cccc(-c2cncc(C)c2)n1. The molecule has 0 bridgehead atoms. The summed E-state index contributed by atoms with van der Waals surface area (Å²) in [5, 5.41) is 3.20. The van der Waals surface area contributed by atoms with Gasteiger partial charge in [0, 0.05) is 24.5 Å². The Labute approximate surface area is 95.6 Å². The first-order chi connectivity index (χ1) is 7.79. The van der Waals surface area contributed by atoms with E-state index in [2.05, 4.69) is 28.3 Å². The monoisotopic (exact) mass is 213 g/mol. The number of nitrogens with zero attached hydrogens (tertiary/aromatic N) is 2. The second kappa shape index (κ2) is 4.75. The van der Waals surface area contributed by atoms with Crippen LogP contribution in [0.25, 0.3) is 11.3 Å². The average molecular weight is 213 g/mol. The van der Waals surface area contributed by atoms with Crippen LogP contribution >= 0.6 is 0 Å². The summed E-state index contributed by atoms with van der Waals surface area (Å²) in [6, 6.07) is 8.06. The van der Waals surface area contributed by atoms with Crippen molar-refractivity contribution >= 4 is 5.82 Å². The maximum absolute atomic E-state index is 4.52. The largest absolute Gasteiger partial charge is 0.370 e. The molecule has 2 aromatic rings. The van der Waals surface area contributed by atoms with Crippen LogP contribution in [0.1, 0.15) is 12.5 Å². The smallest absolute Gasteiger partial charge is 0.126 e. The number of nitrogens with one attached hydrogen (secondary N) is 1. The Kier molecular flexibility index (Phi) is 3.15. The standard InChI is InChI=1S/C13H15N3/c1-3-15-13-6-4-5-12(16-13)11-7-10(2)8-14-9-11/h4-9H,3H2,1-2H3,(H,15,16). The molecule has 82 valence electrons. The van der Waals surface area contributed by atoms with E-state index in [-0.39, 0.29) is 0 Å². The zero-order valence-corrected chi connectivity index (χ0v) is 9.57. The fourth-order valence-corrected chi connectivity index (χ4v) is 1.57. The van der Waals surface area contributed by atoms with Gasteiger partial charge in [-0.25, -0.2) is 4.98 Å². The highest BCUT2D eigenvalue weighted by Crippen LogP contribution is 2.18. The summed E-state index contributed by atoms with van der Waals surface area (Å²) >= 11 is 0. The molecule has 0 aliphatic carbocycles. The van der Waals surface area contributed by atoms with Crippen LogP contribution in [0.5, 0.6) is 0 Å². The van der Waals surface area contributed by atoms with Crippen molar-refractivity contribution in [3.05, 3.63) is 42.2 Å². The number of rotatable bonds is 3. The lowest BCUT2D eigenvalue weighted by Crippen LogP contribution is -1.99. The average Bonchev–Trinajstić information content (AvgIpc) is 2.30. The summed E-state index contributed by atoms with van der Waals surface area (Å²) in [4.78, 5) is 8.70. The van der Waals surface area contributed by atoms with E-state index in [1.165, 1.54) is 0 Å². The van der Waals surface area contributed by atoms with Gasteiger partial charge in [-0.15, -0.1) is 0 Å². The summed E-state index contributed by atoms with van der Waals surface area (Å²) in [6.07, 6.45) is 3.68. The molecule has 0 spiro atoms. The molecule has 16 heavy (non-hydrogen) atoms. The van der Waals surface area contributed by atoms with E-state index in [1.54, 1.807) is 0 Å². The van der Waals surface area contributed by atoms with Crippen molar-refractivity contribution in [2.45, 2.75) is 13.8 Å². The molecule has 3 heteroatoms. The van der Waals surface area contributed by atoms with Crippen LogP contribution in [-0.2, 0) is 0 Å². The first kappa shape index (κ1) is 10.6. The van der Waals surface area contributed by atoms with E-state index in [0.717, 1.165) is 29.2 Å². The van der Waals surface area contributed by atoms with Gasteiger partial charge in [0.05, 0.1) is 5.69 Å². The van der Waals surface area contributed by atoms with Crippen molar-refractivity contribution < 1.29 is 0 Å². The van der Waals surface area contributed by atoms with Crippen molar-refractivity contribution in [1.82, 2.24) is 9.97 Å². The Hall–Kier alpha value is -1.90. The van der Waals surface area contributed by atoms with Crippen LogP contribution in [0.3, 0.4) is 0 Å². The van der Waals surface area contributed by atoms with Crippen LogP contribution in [0, 0.1) is 6.92 Å². The van der Waals surface area contributed by atoms with Crippen molar-refractivity contribution in [3.8, 4) is 11.3 Å². The van der Waals surface area contributed by atoms with Gasteiger partial charge in [0.2, 0.25) is 0 Å². The number of hydrogen-bond donors (Lipinski definition) is 1. The summed E-state index contributed by atoms with van der Waals surface area (Å²) in [6.45, 7) is 4.97. The third kappa shape index (κ3) is 2.37. The molecule has 0 saturated carbocycles. The minimum atomic E-state index is 0.878. The second-order valence-corrected chi connectivity index (χ2v) is 3.69. The van der Waals surface area contributed by atoms with E-state index in [0.29, 0.717) is 0 Å². The number of pyridine rings is 2. The molecule has 0 saturated heterocycles. The predicted molar refractivity (Wildman–Crippen MR) is 66.4 cm³/mol. The highest BCUT2D eigenvalue weighted by atomic mass is 15.0. The lowest BCUT2D eigenvalue weighted by atomic mass is 10.1. The summed E-state index contributed by atoms with van der Waals surface area (Å²) in [5.74, 6) is 0.904. The van der Waals surface area contributed by atoms with E-state index < -0.39 is 0 Å². The zero-order valence-electron chi connectivity index (χ0n) is 9.57. The van der Waals surface area contributed by atoms with Crippen LogP contribution < -0.4 is 5.32 Å². The van der Waals surface area contributed by atoms with Gasteiger partial charge in [-0.05, 0) is 37.6 Å². The molecular formula is C13H15N3. The van der Waals surface area contributed by atoms with Crippen molar-refractivity contribution in [1.29, 1.82) is 0 Å². The number of hydrogen-bond acceptors (Lipinski definition) is 3. The molecule has 1 N–H and O–H groups in total. The number of aryl methyl sites for hydroxylation is 1. The maximum Gasteiger partial charge on any atom is 0.126 e. The van der Waals surface area contributed by atoms with E-state index in [1.807, 2.05) is 37.5 Å². The Morgan fingerprint density at radius 2 is 2.12 bits per heavy atom.